The normalized spacial score (nSPS) is 12.2. The van der Waals surface area contributed by atoms with Crippen LogP contribution in [0.5, 0.6) is 0 Å². The highest BCUT2D eigenvalue weighted by atomic mass is 32.1. The topological polar surface area (TPSA) is 75.9 Å². The third-order valence-electron chi connectivity index (χ3n) is 3.26. The predicted molar refractivity (Wildman–Crippen MR) is 81.0 cm³/mol. The number of aryl methyl sites for hydroxylation is 3. The second-order valence-corrected chi connectivity index (χ2v) is 6.20. The highest BCUT2D eigenvalue weighted by Crippen LogP contribution is 2.28. The molecule has 0 spiro atoms. The fourth-order valence-electron chi connectivity index (χ4n) is 2.03. The zero-order valence-corrected chi connectivity index (χ0v) is 13.7. The van der Waals surface area contributed by atoms with Gasteiger partial charge in [0, 0.05) is 19.0 Å². The lowest BCUT2D eigenvalue weighted by molar-refractivity contribution is 0.194. The highest BCUT2D eigenvalue weighted by molar-refractivity contribution is 7.11. The first-order valence-electron chi connectivity index (χ1n) is 6.67. The fourth-order valence-corrected chi connectivity index (χ4v) is 3.05. The molecule has 2 aromatic heterocycles. The number of nitrogens with one attached hydrogen (secondary N) is 1. The van der Waals surface area contributed by atoms with Gasteiger partial charge in [0.05, 0.1) is 23.3 Å². The number of thiazole rings is 1. The van der Waals surface area contributed by atoms with Crippen molar-refractivity contribution in [2.24, 2.45) is 7.05 Å². The Morgan fingerprint density at radius 1 is 1.52 bits per heavy atom. The molecular weight excluding hydrogens is 288 g/mol. The molecule has 0 aliphatic carbocycles. The Morgan fingerprint density at radius 2 is 2.24 bits per heavy atom. The van der Waals surface area contributed by atoms with E-state index in [2.05, 4.69) is 20.4 Å². The number of hydrogen-bond acceptors (Lipinski definition) is 5. The van der Waals surface area contributed by atoms with Crippen LogP contribution in [0.25, 0.3) is 0 Å². The van der Waals surface area contributed by atoms with Gasteiger partial charge in [0.2, 0.25) is 0 Å². The second-order valence-electron chi connectivity index (χ2n) is 4.96. The van der Waals surface area contributed by atoms with Gasteiger partial charge in [-0.05, 0) is 20.8 Å². The van der Waals surface area contributed by atoms with Crippen LogP contribution in [0.3, 0.4) is 0 Å². The maximum Gasteiger partial charge on any atom is 0.318 e. The van der Waals surface area contributed by atoms with Crippen molar-refractivity contribution in [2.75, 3.05) is 7.05 Å². The summed E-state index contributed by atoms with van der Waals surface area (Å²) in [5, 5.41) is 7.96. The molecule has 7 nitrogen and oxygen atoms in total. The van der Waals surface area contributed by atoms with Crippen molar-refractivity contribution >= 4 is 17.4 Å². The van der Waals surface area contributed by atoms with E-state index in [-0.39, 0.29) is 12.1 Å². The Hall–Kier alpha value is -1.96. The van der Waals surface area contributed by atoms with Crippen molar-refractivity contribution < 1.29 is 4.79 Å². The molecule has 2 heterocycles. The number of hydrogen-bond donors (Lipinski definition) is 1. The van der Waals surface area contributed by atoms with Gasteiger partial charge >= 0.3 is 6.03 Å². The van der Waals surface area contributed by atoms with Gasteiger partial charge in [-0.15, -0.1) is 11.3 Å². The summed E-state index contributed by atoms with van der Waals surface area (Å²) in [6.45, 7) is 6.26. The zero-order chi connectivity index (χ0) is 15.6. The lowest BCUT2D eigenvalue weighted by Gasteiger charge is -2.24. The molecule has 0 radical (unpaired) electrons. The third kappa shape index (κ3) is 3.57. The van der Waals surface area contributed by atoms with Crippen molar-refractivity contribution in [3.8, 4) is 0 Å². The maximum absolute atomic E-state index is 12.2. The number of rotatable bonds is 4. The molecule has 0 aromatic carbocycles. The Bertz CT molecular complexity index is 634. The lowest BCUT2D eigenvalue weighted by atomic mass is 10.2. The SMILES string of the molecule is Cc1nc(C)c(C(C)N(C)C(=O)NCc2ncn(C)n2)s1. The summed E-state index contributed by atoms with van der Waals surface area (Å²) in [5.41, 5.74) is 0.982. The van der Waals surface area contributed by atoms with Crippen LogP contribution >= 0.6 is 11.3 Å². The number of nitrogens with zero attached hydrogens (tertiary/aromatic N) is 5. The van der Waals surface area contributed by atoms with Crippen molar-refractivity contribution in [1.29, 1.82) is 0 Å². The highest BCUT2D eigenvalue weighted by Gasteiger charge is 2.21. The maximum atomic E-state index is 12.2. The van der Waals surface area contributed by atoms with Crippen LogP contribution in [0.2, 0.25) is 0 Å². The minimum atomic E-state index is -0.152. The molecule has 114 valence electrons. The van der Waals surface area contributed by atoms with E-state index in [9.17, 15) is 4.79 Å². The Balaban J connectivity index is 1.96. The lowest BCUT2D eigenvalue weighted by Crippen LogP contribution is -2.38. The summed E-state index contributed by atoms with van der Waals surface area (Å²) in [4.78, 5) is 23.5. The van der Waals surface area contributed by atoms with Crippen LogP contribution in [0.1, 0.15) is 34.4 Å². The molecule has 0 saturated heterocycles. The molecule has 0 bridgehead atoms. The molecule has 2 aromatic rings. The van der Waals surface area contributed by atoms with E-state index in [0.29, 0.717) is 12.4 Å². The van der Waals surface area contributed by atoms with Crippen molar-refractivity contribution in [1.82, 2.24) is 30.0 Å². The molecule has 1 N–H and O–H groups in total. The number of carbonyl (C=O) groups excluding carboxylic acids is 1. The van der Waals surface area contributed by atoms with E-state index < -0.39 is 0 Å². The van der Waals surface area contributed by atoms with E-state index in [0.717, 1.165) is 15.6 Å². The average Bonchev–Trinajstić information content (AvgIpc) is 3.00. The molecular formula is C13H20N6OS. The van der Waals surface area contributed by atoms with Gasteiger partial charge in [0.1, 0.15) is 6.33 Å². The summed E-state index contributed by atoms with van der Waals surface area (Å²) in [6, 6.07) is -0.173. The van der Waals surface area contributed by atoms with Crippen LogP contribution in [0.15, 0.2) is 6.33 Å². The smallest absolute Gasteiger partial charge is 0.318 e. The van der Waals surface area contributed by atoms with Crippen molar-refractivity contribution in [3.05, 3.63) is 27.7 Å². The van der Waals surface area contributed by atoms with Gasteiger partial charge in [0.25, 0.3) is 0 Å². The number of amides is 2. The predicted octanol–water partition coefficient (Wildman–Crippen LogP) is 1.79. The zero-order valence-electron chi connectivity index (χ0n) is 12.9. The van der Waals surface area contributed by atoms with Crippen molar-refractivity contribution in [2.45, 2.75) is 33.4 Å². The minimum absolute atomic E-state index is 0.0205. The summed E-state index contributed by atoms with van der Waals surface area (Å²) >= 11 is 1.63. The van der Waals surface area contributed by atoms with Gasteiger partial charge < -0.3 is 10.2 Å². The van der Waals surface area contributed by atoms with Gasteiger partial charge in [-0.2, -0.15) is 5.10 Å². The average molecular weight is 308 g/mol. The standard InChI is InChI=1S/C13H20N6OS/c1-8-12(21-10(3)16-8)9(2)19(5)13(20)14-6-11-15-7-18(4)17-11/h7,9H,6H2,1-5H3,(H,14,20). The molecule has 21 heavy (non-hydrogen) atoms. The van der Waals surface area contributed by atoms with Crippen LogP contribution in [0, 0.1) is 13.8 Å². The molecule has 2 amide bonds. The van der Waals surface area contributed by atoms with Gasteiger partial charge in [0.15, 0.2) is 5.82 Å². The molecule has 8 heteroatoms. The van der Waals surface area contributed by atoms with E-state index in [1.807, 2.05) is 20.8 Å². The largest absolute Gasteiger partial charge is 0.331 e. The van der Waals surface area contributed by atoms with Gasteiger partial charge in [-0.1, -0.05) is 0 Å². The van der Waals surface area contributed by atoms with Crippen LogP contribution in [-0.2, 0) is 13.6 Å². The van der Waals surface area contributed by atoms with E-state index in [1.165, 1.54) is 0 Å². The Kier molecular flexibility index (Phi) is 4.56. The van der Waals surface area contributed by atoms with Crippen LogP contribution in [-0.4, -0.2) is 37.7 Å². The minimum Gasteiger partial charge on any atom is -0.331 e. The molecule has 0 saturated carbocycles. The van der Waals surface area contributed by atoms with E-state index in [4.69, 9.17) is 0 Å². The number of aromatic nitrogens is 4. The monoisotopic (exact) mass is 308 g/mol. The summed E-state index contributed by atoms with van der Waals surface area (Å²) in [7, 11) is 3.57. The first kappa shape index (κ1) is 15.4. The van der Waals surface area contributed by atoms with E-state index >= 15 is 0 Å². The second kappa shape index (κ2) is 6.21. The first-order valence-corrected chi connectivity index (χ1v) is 7.49. The number of carbonyl (C=O) groups is 1. The van der Waals surface area contributed by atoms with E-state index in [1.54, 1.807) is 41.3 Å². The molecule has 0 aliphatic heterocycles. The van der Waals surface area contributed by atoms with Crippen molar-refractivity contribution in [3.63, 3.8) is 0 Å². The first-order chi connectivity index (χ1) is 9.88. The van der Waals surface area contributed by atoms with Gasteiger partial charge in [-0.25, -0.2) is 14.8 Å². The molecule has 2 rings (SSSR count). The van der Waals surface area contributed by atoms with Crippen LogP contribution in [0.4, 0.5) is 4.79 Å². The Labute approximate surface area is 128 Å². The third-order valence-corrected chi connectivity index (χ3v) is 4.51. The molecule has 1 atom stereocenters. The fraction of sp³-hybridized carbons (Fsp3) is 0.538. The Morgan fingerprint density at radius 3 is 2.76 bits per heavy atom. The van der Waals surface area contributed by atoms with Crippen LogP contribution < -0.4 is 5.32 Å². The quantitative estimate of drug-likeness (QED) is 0.934. The summed E-state index contributed by atoms with van der Waals surface area (Å²) < 4.78 is 1.61. The summed E-state index contributed by atoms with van der Waals surface area (Å²) in [6.07, 6.45) is 1.61. The summed E-state index contributed by atoms with van der Waals surface area (Å²) in [5.74, 6) is 0.594. The molecule has 0 fully saturated rings. The van der Waals surface area contributed by atoms with Gasteiger partial charge in [-0.3, -0.25) is 4.68 Å². The molecule has 0 aliphatic rings. The number of urea groups is 1. The molecule has 1 unspecified atom stereocenters.